The lowest BCUT2D eigenvalue weighted by Crippen LogP contribution is -2.35. The smallest absolute Gasteiger partial charge is 0.295 e. The van der Waals surface area contributed by atoms with E-state index in [1.165, 1.54) is 4.90 Å². The molecule has 0 radical (unpaired) electrons. The van der Waals surface area contributed by atoms with Gasteiger partial charge in [-0.15, -0.1) is 0 Å². The fourth-order valence-electron chi connectivity index (χ4n) is 3.40. The molecule has 0 bridgehead atoms. The lowest BCUT2D eigenvalue weighted by molar-refractivity contribution is -0.140. The zero-order valence-corrected chi connectivity index (χ0v) is 17.5. The van der Waals surface area contributed by atoms with Gasteiger partial charge in [0, 0.05) is 31.0 Å². The van der Waals surface area contributed by atoms with Crippen LogP contribution in [0.1, 0.15) is 30.5 Å². The zero-order valence-electron chi connectivity index (χ0n) is 17.5. The number of hydrogen-bond donors (Lipinski definition) is 1. The quantitative estimate of drug-likeness (QED) is 0.410. The molecular weight excluding hydrogens is 382 g/mol. The standard InChI is InChI=1S/C23H27N3O4/c1-4-15-30-18-7-5-17(6-8-18)21(27)19-20(16-9-11-24-12-10-16)26(14-13-25(2)3)23(29)22(19)28/h5-12,20,27H,4,13-15H2,1-3H3/b21-19+. The molecule has 0 spiro atoms. The number of rotatable bonds is 8. The second-order valence-electron chi connectivity index (χ2n) is 7.45. The van der Waals surface area contributed by atoms with E-state index >= 15 is 0 Å². The van der Waals surface area contributed by atoms with E-state index < -0.39 is 17.7 Å². The van der Waals surface area contributed by atoms with Crippen LogP contribution in [0.15, 0.2) is 54.4 Å². The molecule has 1 N–H and O–H groups in total. The first-order valence-corrected chi connectivity index (χ1v) is 10.00. The highest BCUT2D eigenvalue weighted by molar-refractivity contribution is 6.46. The Morgan fingerprint density at radius 2 is 1.80 bits per heavy atom. The molecule has 0 saturated carbocycles. The minimum Gasteiger partial charge on any atom is -0.507 e. The van der Waals surface area contributed by atoms with Gasteiger partial charge in [-0.2, -0.15) is 0 Å². The van der Waals surface area contributed by atoms with Gasteiger partial charge in [0.25, 0.3) is 11.7 Å². The second kappa shape index (κ2) is 9.54. The van der Waals surface area contributed by atoms with Crippen LogP contribution >= 0.6 is 0 Å². The molecule has 1 aromatic carbocycles. The Kier molecular flexibility index (Phi) is 6.84. The van der Waals surface area contributed by atoms with E-state index in [9.17, 15) is 14.7 Å². The zero-order chi connectivity index (χ0) is 21.7. The van der Waals surface area contributed by atoms with Gasteiger partial charge in [0.1, 0.15) is 11.5 Å². The maximum absolute atomic E-state index is 12.9. The number of pyridine rings is 1. The van der Waals surface area contributed by atoms with Crippen molar-refractivity contribution in [1.82, 2.24) is 14.8 Å². The molecule has 7 nitrogen and oxygen atoms in total. The largest absolute Gasteiger partial charge is 0.507 e. The summed E-state index contributed by atoms with van der Waals surface area (Å²) < 4.78 is 5.58. The van der Waals surface area contributed by atoms with Gasteiger partial charge in [-0.1, -0.05) is 6.92 Å². The third-order valence-electron chi connectivity index (χ3n) is 4.95. The van der Waals surface area contributed by atoms with Crippen molar-refractivity contribution in [3.8, 4) is 5.75 Å². The number of aliphatic hydroxyl groups excluding tert-OH is 1. The van der Waals surface area contributed by atoms with Crippen LogP contribution in [0.3, 0.4) is 0 Å². The van der Waals surface area contributed by atoms with E-state index in [1.807, 2.05) is 25.9 Å². The van der Waals surface area contributed by atoms with Crippen molar-refractivity contribution in [2.45, 2.75) is 19.4 Å². The van der Waals surface area contributed by atoms with Gasteiger partial charge >= 0.3 is 0 Å². The SMILES string of the molecule is CCCOc1ccc(/C(O)=C2\C(=O)C(=O)N(CCN(C)C)C2c2ccncc2)cc1. The number of aromatic nitrogens is 1. The molecule has 1 fully saturated rings. The number of ketones is 1. The van der Waals surface area contributed by atoms with Crippen molar-refractivity contribution in [1.29, 1.82) is 0 Å². The topological polar surface area (TPSA) is 83.0 Å². The highest BCUT2D eigenvalue weighted by Gasteiger charge is 2.45. The molecule has 30 heavy (non-hydrogen) atoms. The van der Waals surface area contributed by atoms with Crippen molar-refractivity contribution in [3.63, 3.8) is 0 Å². The summed E-state index contributed by atoms with van der Waals surface area (Å²) in [7, 11) is 3.81. The van der Waals surface area contributed by atoms with Crippen LogP contribution in [0.4, 0.5) is 0 Å². The summed E-state index contributed by atoms with van der Waals surface area (Å²) in [5.41, 5.74) is 1.28. The fourth-order valence-corrected chi connectivity index (χ4v) is 3.40. The van der Waals surface area contributed by atoms with Crippen LogP contribution in [0, 0.1) is 0 Å². The molecule has 1 unspecified atom stereocenters. The van der Waals surface area contributed by atoms with Crippen molar-refractivity contribution < 1.29 is 19.4 Å². The summed E-state index contributed by atoms with van der Waals surface area (Å²) in [6.45, 7) is 3.59. The Hall–Kier alpha value is -3.19. The van der Waals surface area contributed by atoms with Crippen LogP contribution in [-0.2, 0) is 9.59 Å². The van der Waals surface area contributed by atoms with Gasteiger partial charge in [-0.05, 0) is 62.5 Å². The molecule has 1 amide bonds. The van der Waals surface area contributed by atoms with Gasteiger partial charge in [0.15, 0.2) is 0 Å². The van der Waals surface area contributed by atoms with Crippen molar-refractivity contribution in [3.05, 3.63) is 65.5 Å². The summed E-state index contributed by atoms with van der Waals surface area (Å²) in [4.78, 5) is 33.2. The number of nitrogens with zero attached hydrogens (tertiary/aromatic N) is 3. The molecule has 1 aromatic heterocycles. The first kappa shape index (κ1) is 21.5. The molecule has 1 atom stereocenters. The van der Waals surface area contributed by atoms with E-state index in [-0.39, 0.29) is 11.3 Å². The fraction of sp³-hybridized carbons (Fsp3) is 0.348. The van der Waals surface area contributed by atoms with Crippen LogP contribution in [0.25, 0.3) is 5.76 Å². The molecular formula is C23H27N3O4. The average molecular weight is 409 g/mol. The number of carbonyl (C=O) groups excluding carboxylic acids is 2. The molecule has 2 aromatic rings. The third kappa shape index (κ3) is 4.52. The molecule has 158 valence electrons. The Morgan fingerprint density at radius 1 is 1.13 bits per heavy atom. The average Bonchev–Trinajstić information content (AvgIpc) is 3.01. The van der Waals surface area contributed by atoms with Crippen LogP contribution in [0.5, 0.6) is 5.75 Å². The predicted molar refractivity (Wildman–Crippen MR) is 114 cm³/mol. The number of benzene rings is 1. The van der Waals surface area contributed by atoms with E-state index in [2.05, 4.69) is 4.98 Å². The highest BCUT2D eigenvalue weighted by Crippen LogP contribution is 2.39. The van der Waals surface area contributed by atoms with Gasteiger partial charge in [-0.3, -0.25) is 14.6 Å². The van der Waals surface area contributed by atoms with Crippen LogP contribution in [-0.4, -0.2) is 65.4 Å². The monoisotopic (exact) mass is 409 g/mol. The van der Waals surface area contributed by atoms with E-state index in [1.54, 1.807) is 48.8 Å². The first-order valence-electron chi connectivity index (χ1n) is 10.00. The minimum atomic E-state index is -0.681. The van der Waals surface area contributed by atoms with Crippen molar-refractivity contribution in [2.24, 2.45) is 0 Å². The van der Waals surface area contributed by atoms with Crippen molar-refractivity contribution in [2.75, 3.05) is 33.8 Å². The molecule has 7 heteroatoms. The normalized spacial score (nSPS) is 18.3. The predicted octanol–water partition coefficient (Wildman–Crippen LogP) is 2.85. The summed E-state index contributed by atoms with van der Waals surface area (Å²) in [6, 6.07) is 9.73. The van der Waals surface area contributed by atoms with Crippen molar-refractivity contribution >= 4 is 17.4 Å². The first-order chi connectivity index (χ1) is 14.4. The Labute approximate surface area is 176 Å². The number of aliphatic hydroxyl groups is 1. The Balaban J connectivity index is 2.03. The van der Waals surface area contributed by atoms with Gasteiger partial charge in [0.05, 0.1) is 18.2 Å². The Bertz CT molecular complexity index is 923. The van der Waals surface area contributed by atoms with Crippen LogP contribution in [0.2, 0.25) is 0 Å². The Morgan fingerprint density at radius 3 is 2.40 bits per heavy atom. The maximum Gasteiger partial charge on any atom is 0.295 e. The summed E-state index contributed by atoms with van der Waals surface area (Å²) in [5.74, 6) is -0.794. The lowest BCUT2D eigenvalue weighted by atomic mass is 9.96. The number of ether oxygens (including phenoxy) is 1. The number of likely N-dealkylation sites (N-methyl/N-ethyl adjacent to an activating group) is 1. The van der Waals surface area contributed by atoms with E-state index in [0.717, 1.165) is 12.0 Å². The number of amides is 1. The second-order valence-corrected chi connectivity index (χ2v) is 7.45. The molecule has 1 aliphatic heterocycles. The number of Topliss-reactive ketones (excluding diaryl/α,β-unsaturated/α-hetero) is 1. The lowest BCUT2D eigenvalue weighted by Gasteiger charge is -2.26. The number of likely N-dealkylation sites (tertiary alicyclic amines) is 1. The number of carbonyl (C=O) groups is 2. The third-order valence-corrected chi connectivity index (χ3v) is 4.95. The highest BCUT2D eigenvalue weighted by atomic mass is 16.5. The van der Waals surface area contributed by atoms with Gasteiger partial charge in [-0.25, -0.2) is 0 Å². The molecule has 1 aliphatic rings. The molecule has 3 rings (SSSR count). The van der Waals surface area contributed by atoms with E-state index in [4.69, 9.17) is 4.74 Å². The maximum atomic E-state index is 12.9. The summed E-state index contributed by atoms with van der Waals surface area (Å²) >= 11 is 0. The van der Waals surface area contributed by atoms with Gasteiger partial charge < -0.3 is 19.6 Å². The van der Waals surface area contributed by atoms with Gasteiger partial charge in [0.2, 0.25) is 0 Å². The molecule has 1 saturated heterocycles. The summed E-state index contributed by atoms with van der Waals surface area (Å²) in [5, 5.41) is 11.0. The van der Waals surface area contributed by atoms with E-state index in [0.29, 0.717) is 31.0 Å². The van der Waals surface area contributed by atoms with Crippen LogP contribution < -0.4 is 4.74 Å². The minimum absolute atomic E-state index is 0.0900. The summed E-state index contributed by atoms with van der Waals surface area (Å²) in [6.07, 6.45) is 4.12. The number of hydrogen-bond acceptors (Lipinski definition) is 6. The molecule has 0 aliphatic carbocycles. The molecule has 2 heterocycles.